The number of hydrogen-bond acceptors (Lipinski definition) is 4. The zero-order chi connectivity index (χ0) is 21.4. The highest BCUT2D eigenvalue weighted by atomic mass is 19.1. The molecule has 0 unspecified atom stereocenters. The van der Waals surface area contributed by atoms with Crippen LogP contribution in [-0.2, 0) is 0 Å². The fourth-order valence-electron chi connectivity index (χ4n) is 4.14. The lowest BCUT2D eigenvalue weighted by atomic mass is 9.92. The van der Waals surface area contributed by atoms with Crippen LogP contribution in [0.3, 0.4) is 0 Å². The standard InChI is InChI=1S/C23H22FN5O2/c24-16-3-7-18(8-4-16)31-17-5-1-15(2-6-17)20-21(22(25)30)29-23(28-20)19(13-27-29)14-9-11-26-12-10-14/h1-8,13-14,26,28H,9-12H2,(H2,25,30). The van der Waals surface area contributed by atoms with Gasteiger partial charge in [-0.1, -0.05) is 0 Å². The molecule has 0 saturated carbocycles. The van der Waals surface area contributed by atoms with Gasteiger partial charge in [0.2, 0.25) is 0 Å². The maximum absolute atomic E-state index is 13.1. The van der Waals surface area contributed by atoms with E-state index in [1.165, 1.54) is 12.1 Å². The summed E-state index contributed by atoms with van der Waals surface area (Å²) in [5.74, 6) is 0.659. The molecule has 5 rings (SSSR count). The minimum Gasteiger partial charge on any atom is -0.457 e. The molecule has 31 heavy (non-hydrogen) atoms. The number of nitrogens with one attached hydrogen (secondary N) is 2. The molecule has 2 aromatic heterocycles. The highest BCUT2D eigenvalue weighted by Gasteiger charge is 2.25. The summed E-state index contributed by atoms with van der Waals surface area (Å²) in [5, 5.41) is 7.82. The molecule has 0 aliphatic carbocycles. The zero-order valence-electron chi connectivity index (χ0n) is 16.8. The quantitative estimate of drug-likeness (QED) is 0.458. The molecular weight excluding hydrogens is 397 g/mol. The number of carbonyl (C=O) groups is 1. The predicted octanol–water partition coefficient (Wildman–Crippen LogP) is 3.83. The molecule has 0 atom stereocenters. The number of aromatic amines is 1. The second-order valence-electron chi connectivity index (χ2n) is 7.68. The van der Waals surface area contributed by atoms with Crippen molar-refractivity contribution < 1.29 is 13.9 Å². The summed E-state index contributed by atoms with van der Waals surface area (Å²) in [7, 11) is 0. The smallest absolute Gasteiger partial charge is 0.269 e. The third kappa shape index (κ3) is 3.66. The lowest BCUT2D eigenvalue weighted by molar-refractivity contribution is 0.0994. The summed E-state index contributed by atoms with van der Waals surface area (Å²) in [5.41, 5.74) is 9.36. The average molecular weight is 419 g/mol. The fraction of sp³-hybridized carbons (Fsp3) is 0.217. The predicted molar refractivity (Wildman–Crippen MR) is 115 cm³/mol. The van der Waals surface area contributed by atoms with E-state index in [4.69, 9.17) is 10.5 Å². The minimum absolute atomic E-state index is 0.317. The number of nitrogens with two attached hydrogens (primary N) is 1. The second-order valence-corrected chi connectivity index (χ2v) is 7.68. The van der Waals surface area contributed by atoms with Gasteiger partial charge in [-0.15, -0.1) is 0 Å². The van der Waals surface area contributed by atoms with Gasteiger partial charge in [0.25, 0.3) is 5.91 Å². The Balaban J connectivity index is 1.48. The van der Waals surface area contributed by atoms with E-state index < -0.39 is 5.91 Å². The van der Waals surface area contributed by atoms with Crippen LogP contribution in [0, 0.1) is 5.82 Å². The third-order valence-corrected chi connectivity index (χ3v) is 5.69. The molecule has 1 aliphatic rings. The number of aromatic nitrogens is 3. The molecule has 4 N–H and O–H groups in total. The van der Waals surface area contributed by atoms with Crippen LogP contribution in [0.1, 0.15) is 34.8 Å². The molecule has 1 amide bonds. The van der Waals surface area contributed by atoms with Gasteiger partial charge in [0.15, 0.2) is 5.69 Å². The van der Waals surface area contributed by atoms with E-state index in [0.717, 1.165) is 42.7 Å². The summed E-state index contributed by atoms with van der Waals surface area (Å²) in [6.45, 7) is 1.93. The molecule has 1 fully saturated rings. The number of fused-ring (bicyclic) bond motifs is 1. The molecule has 0 radical (unpaired) electrons. The van der Waals surface area contributed by atoms with Crippen molar-refractivity contribution in [2.24, 2.45) is 5.73 Å². The van der Waals surface area contributed by atoms with Gasteiger partial charge in [0.05, 0.1) is 11.9 Å². The molecule has 1 aliphatic heterocycles. The van der Waals surface area contributed by atoms with Gasteiger partial charge < -0.3 is 20.8 Å². The normalized spacial score (nSPS) is 14.7. The monoisotopic (exact) mass is 419 g/mol. The first-order valence-electron chi connectivity index (χ1n) is 10.2. The van der Waals surface area contributed by atoms with Crippen LogP contribution in [0.5, 0.6) is 11.5 Å². The number of rotatable bonds is 5. The topological polar surface area (TPSA) is 97.4 Å². The Labute approximate surface area is 178 Å². The molecule has 2 aromatic carbocycles. The van der Waals surface area contributed by atoms with Crippen LogP contribution in [0.15, 0.2) is 54.7 Å². The van der Waals surface area contributed by atoms with Crippen LogP contribution < -0.4 is 15.8 Å². The molecule has 0 spiro atoms. The highest BCUT2D eigenvalue weighted by molar-refractivity contribution is 5.98. The lowest BCUT2D eigenvalue weighted by Crippen LogP contribution is -2.26. The van der Waals surface area contributed by atoms with E-state index in [1.807, 2.05) is 18.3 Å². The fourth-order valence-corrected chi connectivity index (χ4v) is 4.14. The van der Waals surface area contributed by atoms with Crippen molar-refractivity contribution in [1.82, 2.24) is 19.9 Å². The van der Waals surface area contributed by atoms with E-state index in [0.29, 0.717) is 28.8 Å². The summed E-state index contributed by atoms with van der Waals surface area (Å²) >= 11 is 0. The highest BCUT2D eigenvalue weighted by Crippen LogP contribution is 2.33. The van der Waals surface area contributed by atoms with Crippen molar-refractivity contribution in [3.63, 3.8) is 0 Å². The number of piperidine rings is 1. The first-order chi connectivity index (χ1) is 15.1. The molecule has 4 aromatic rings. The summed E-state index contributed by atoms with van der Waals surface area (Å²) in [6, 6.07) is 13.1. The number of hydrogen-bond donors (Lipinski definition) is 3. The molecular formula is C23H22FN5O2. The van der Waals surface area contributed by atoms with E-state index >= 15 is 0 Å². The van der Waals surface area contributed by atoms with Crippen LogP contribution in [0.25, 0.3) is 16.9 Å². The van der Waals surface area contributed by atoms with Crippen molar-refractivity contribution in [3.8, 4) is 22.8 Å². The van der Waals surface area contributed by atoms with E-state index in [9.17, 15) is 9.18 Å². The van der Waals surface area contributed by atoms with Crippen LogP contribution in [-0.4, -0.2) is 33.6 Å². The Kier molecular flexibility index (Phi) is 4.91. The third-order valence-electron chi connectivity index (χ3n) is 5.69. The number of H-pyrrole nitrogens is 1. The number of amides is 1. The number of primary amides is 1. The van der Waals surface area contributed by atoms with Gasteiger partial charge >= 0.3 is 0 Å². The summed E-state index contributed by atoms with van der Waals surface area (Å²) in [4.78, 5) is 15.6. The molecule has 0 bridgehead atoms. The number of ether oxygens (including phenoxy) is 1. The van der Waals surface area contributed by atoms with Crippen molar-refractivity contribution in [1.29, 1.82) is 0 Å². The van der Waals surface area contributed by atoms with Crippen molar-refractivity contribution in [2.45, 2.75) is 18.8 Å². The van der Waals surface area contributed by atoms with E-state index in [1.54, 1.807) is 28.8 Å². The van der Waals surface area contributed by atoms with Crippen molar-refractivity contribution >= 4 is 11.6 Å². The van der Waals surface area contributed by atoms with E-state index in [2.05, 4.69) is 15.4 Å². The number of carbonyl (C=O) groups excluding carboxylic acids is 1. The molecule has 1 saturated heterocycles. The van der Waals surface area contributed by atoms with Crippen LogP contribution >= 0.6 is 0 Å². The Morgan fingerprint density at radius 2 is 1.71 bits per heavy atom. The second kappa shape index (κ2) is 7.88. The molecule has 8 heteroatoms. The Morgan fingerprint density at radius 1 is 1.06 bits per heavy atom. The Bertz CT molecular complexity index is 1220. The average Bonchev–Trinajstić information content (AvgIpc) is 3.36. The molecule has 3 heterocycles. The van der Waals surface area contributed by atoms with Gasteiger partial charge in [0.1, 0.15) is 23.0 Å². The van der Waals surface area contributed by atoms with Crippen molar-refractivity contribution in [3.05, 3.63) is 71.8 Å². The minimum atomic E-state index is -0.548. The first-order valence-corrected chi connectivity index (χ1v) is 10.2. The van der Waals surface area contributed by atoms with Gasteiger partial charge in [-0.2, -0.15) is 5.10 Å². The number of nitrogens with zero attached hydrogens (tertiary/aromatic N) is 2. The summed E-state index contributed by atoms with van der Waals surface area (Å²) in [6.07, 6.45) is 3.88. The Morgan fingerprint density at radius 3 is 2.35 bits per heavy atom. The number of imidazole rings is 1. The summed E-state index contributed by atoms with van der Waals surface area (Å²) < 4.78 is 20.4. The number of benzene rings is 2. The molecule has 7 nitrogen and oxygen atoms in total. The first kappa shape index (κ1) is 19.3. The Hall–Kier alpha value is -3.65. The van der Waals surface area contributed by atoms with Gasteiger partial charge in [-0.25, -0.2) is 8.91 Å². The maximum atomic E-state index is 13.1. The van der Waals surface area contributed by atoms with Gasteiger partial charge in [-0.05, 0) is 80.4 Å². The zero-order valence-corrected chi connectivity index (χ0v) is 16.8. The largest absolute Gasteiger partial charge is 0.457 e. The van der Waals surface area contributed by atoms with Crippen molar-refractivity contribution in [2.75, 3.05) is 13.1 Å². The van der Waals surface area contributed by atoms with Gasteiger partial charge in [-0.3, -0.25) is 4.79 Å². The lowest BCUT2D eigenvalue weighted by Gasteiger charge is -2.21. The number of halogens is 1. The van der Waals surface area contributed by atoms with Gasteiger partial charge in [0, 0.05) is 11.1 Å². The van der Waals surface area contributed by atoms with Crippen LogP contribution in [0.2, 0.25) is 0 Å². The SMILES string of the molecule is NC(=O)c1c(-c2ccc(Oc3ccc(F)cc3)cc2)[nH]c2c(C3CCNCC3)cnn12. The van der Waals surface area contributed by atoms with Crippen LogP contribution in [0.4, 0.5) is 4.39 Å². The molecule has 158 valence electrons. The maximum Gasteiger partial charge on any atom is 0.269 e. The van der Waals surface area contributed by atoms with E-state index in [-0.39, 0.29) is 5.82 Å².